The maximum Gasteiger partial charge on any atom is 0.254 e. The van der Waals surface area contributed by atoms with Crippen LogP contribution >= 0.6 is 0 Å². The maximum absolute atomic E-state index is 13.3. The number of hydrogen-bond acceptors (Lipinski definition) is 3. The smallest absolute Gasteiger partial charge is 0.254 e. The molecule has 5 nitrogen and oxygen atoms in total. The first-order valence-corrected chi connectivity index (χ1v) is 12.0. The van der Waals surface area contributed by atoms with Gasteiger partial charge in [0, 0.05) is 24.7 Å². The van der Waals surface area contributed by atoms with Gasteiger partial charge in [-0.3, -0.25) is 9.59 Å². The van der Waals surface area contributed by atoms with Crippen LogP contribution < -0.4 is 5.32 Å². The second-order valence-corrected chi connectivity index (χ2v) is 9.63. The number of nitrogens with zero attached hydrogens (tertiary/aromatic N) is 2. The highest BCUT2D eigenvalue weighted by Gasteiger charge is 2.47. The van der Waals surface area contributed by atoms with Crippen molar-refractivity contribution in [1.29, 1.82) is 0 Å². The van der Waals surface area contributed by atoms with Crippen molar-refractivity contribution < 1.29 is 9.59 Å². The molecule has 1 aliphatic carbocycles. The highest BCUT2D eigenvalue weighted by molar-refractivity contribution is 5.98. The molecule has 4 atom stereocenters. The number of piperidine rings is 1. The summed E-state index contributed by atoms with van der Waals surface area (Å²) in [5, 5.41) is 3.16. The summed E-state index contributed by atoms with van der Waals surface area (Å²) in [5.74, 6) is 1.32. The van der Waals surface area contributed by atoms with Gasteiger partial charge in [0.15, 0.2) is 0 Å². The molecule has 2 saturated heterocycles. The summed E-state index contributed by atoms with van der Waals surface area (Å²) in [7, 11) is 0. The van der Waals surface area contributed by atoms with Crippen molar-refractivity contribution in [3.8, 4) is 0 Å². The van der Waals surface area contributed by atoms with E-state index in [9.17, 15) is 9.59 Å². The maximum atomic E-state index is 13.3. The average molecular weight is 412 g/mol. The topological polar surface area (TPSA) is 52.7 Å². The highest BCUT2D eigenvalue weighted by atomic mass is 16.2. The third-order valence-electron chi connectivity index (χ3n) is 7.34. The molecule has 4 rings (SSSR count). The summed E-state index contributed by atoms with van der Waals surface area (Å²) in [6, 6.07) is 9.37. The molecule has 5 heteroatoms. The van der Waals surface area contributed by atoms with E-state index in [4.69, 9.17) is 0 Å². The van der Waals surface area contributed by atoms with Crippen LogP contribution in [0, 0.1) is 11.8 Å². The lowest BCUT2D eigenvalue weighted by Crippen LogP contribution is -2.50. The lowest BCUT2D eigenvalue weighted by molar-refractivity contribution is -0.125. The van der Waals surface area contributed by atoms with Gasteiger partial charge in [-0.15, -0.1) is 0 Å². The lowest BCUT2D eigenvalue weighted by atomic mass is 9.84. The van der Waals surface area contributed by atoms with Crippen LogP contribution in [0.5, 0.6) is 0 Å². The Morgan fingerprint density at radius 2 is 1.87 bits per heavy atom. The molecule has 3 aliphatic rings. The monoisotopic (exact) mass is 411 g/mol. The standard InChI is InChI=1S/C25H37N3O2/c1-19-9-7-15-27(18-19)16-8-14-26-24(29)23-17-21-12-5-6-13-22(21)28(23)25(30)20-10-3-2-4-11-20/h2-4,10-11,19,21-23H,5-9,12-18H2,1H3,(H,26,29). The van der Waals surface area contributed by atoms with E-state index in [0.29, 0.717) is 18.0 Å². The van der Waals surface area contributed by atoms with E-state index >= 15 is 0 Å². The Balaban J connectivity index is 1.35. The van der Waals surface area contributed by atoms with Crippen LogP contribution in [0.25, 0.3) is 0 Å². The fourth-order valence-electron chi connectivity index (χ4n) is 5.84. The molecule has 0 aromatic heterocycles. The van der Waals surface area contributed by atoms with Crippen LogP contribution in [0.4, 0.5) is 0 Å². The molecule has 3 fully saturated rings. The first-order chi connectivity index (χ1) is 14.6. The van der Waals surface area contributed by atoms with Crippen molar-refractivity contribution in [2.45, 2.75) is 70.4 Å². The van der Waals surface area contributed by atoms with Crippen molar-refractivity contribution in [2.75, 3.05) is 26.2 Å². The van der Waals surface area contributed by atoms with Gasteiger partial charge in [-0.1, -0.05) is 38.0 Å². The number of benzene rings is 1. The van der Waals surface area contributed by atoms with Crippen molar-refractivity contribution >= 4 is 11.8 Å². The van der Waals surface area contributed by atoms with E-state index in [2.05, 4.69) is 17.1 Å². The van der Waals surface area contributed by atoms with E-state index in [0.717, 1.165) is 44.6 Å². The number of nitrogens with one attached hydrogen (secondary N) is 1. The van der Waals surface area contributed by atoms with Gasteiger partial charge in [-0.2, -0.15) is 0 Å². The fraction of sp³-hybridized carbons (Fsp3) is 0.680. The molecule has 0 spiro atoms. The molecule has 164 valence electrons. The second-order valence-electron chi connectivity index (χ2n) is 9.63. The average Bonchev–Trinajstić information content (AvgIpc) is 3.16. The Labute approximate surface area is 181 Å². The SMILES string of the molecule is CC1CCCN(CCCNC(=O)C2CC3CCCCC3N2C(=O)c2ccccc2)C1. The van der Waals surface area contributed by atoms with Gasteiger partial charge in [-0.05, 0) is 75.6 Å². The summed E-state index contributed by atoms with van der Waals surface area (Å²) in [5.41, 5.74) is 0.695. The van der Waals surface area contributed by atoms with Crippen molar-refractivity contribution in [1.82, 2.24) is 15.1 Å². The predicted octanol–water partition coefficient (Wildman–Crippen LogP) is 3.70. The molecular weight excluding hydrogens is 374 g/mol. The molecule has 0 radical (unpaired) electrons. The van der Waals surface area contributed by atoms with Gasteiger partial charge in [0.25, 0.3) is 5.91 Å². The van der Waals surface area contributed by atoms with Crippen molar-refractivity contribution in [3.05, 3.63) is 35.9 Å². The van der Waals surface area contributed by atoms with Crippen LogP contribution in [-0.2, 0) is 4.79 Å². The fourth-order valence-corrected chi connectivity index (χ4v) is 5.84. The lowest BCUT2D eigenvalue weighted by Gasteiger charge is -2.33. The third kappa shape index (κ3) is 4.88. The predicted molar refractivity (Wildman–Crippen MR) is 119 cm³/mol. The first-order valence-electron chi connectivity index (χ1n) is 12.0. The summed E-state index contributed by atoms with van der Waals surface area (Å²) >= 11 is 0. The zero-order valence-electron chi connectivity index (χ0n) is 18.4. The molecule has 2 aliphatic heterocycles. The summed E-state index contributed by atoms with van der Waals surface area (Å²) in [4.78, 5) is 30.9. The molecular formula is C25H37N3O2. The number of fused-ring (bicyclic) bond motifs is 1. The van der Waals surface area contributed by atoms with E-state index < -0.39 is 0 Å². The Morgan fingerprint density at radius 1 is 1.07 bits per heavy atom. The van der Waals surface area contributed by atoms with Crippen LogP contribution in [-0.4, -0.2) is 59.9 Å². The van der Waals surface area contributed by atoms with E-state index in [1.807, 2.05) is 35.2 Å². The third-order valence-corrected chi connectivity index (χ3v) is 7.34. The molecule has 1 N–H and O–H groups in total. The number of rotatable bonds is 6. The summed E-state index contributed by atoms with van der Waals surface area (Å²) in [6.07, 6.45) is 8.96. The Hall–Kier alpha value is -1.88. The number of likely N-dealkylation sites (tertiary alicyclic amines) is 2. The van der Waals surface area contributed by atoms with Gasteiger partial charge >= 0.3 is 0 Å². The zero-order valence-corrected chi connectivity index (χ0v) is 18.4. The minimum absolute atomic E-state index is 0.0208. The van der Waals surface area contributed by atoms with Crippen LogP contribution in [0.3, 0.4) is 0 Å². The Kier molecular flexibility index (Phi) is 7.08. The molecule has 1 saturated carbocycles. The van der Waals surface area contributed by atoms with Crippen LogP contribution in [0.2, 0.25) is 0 Å². The van der Waals surface area contributed by atoms with Gasteiger partial charge in [0.05, 0.1) is 0 Å². The summed E-state index contributed by atoms with van der Waals surface area (Å²) in [6.45, 7) is 6.44. The normalized spacial score (nSPS) is 29.4. The molecule has 2 heterocycles. The van der Waals surface area contributed by atoms with E-state index in [1.165, 1.54) is 32.4 Å². The quantitative estimate of drug-likeness (QED) is 0.726. The van der Waals surface area contributed by atoms with E-state index in [-0.39, 0.29) is 23.9 Å². The van der Waals surface area contributed by atoms with Gasteiger partial charge in [0.1, 0.15) is 6.04 Å². The van der Waals surface area contributed by atoms with Gasteiger partial charge < -0.3 is 15.1 Å². The largest absolute Gasteiger partial charge is 0.354 e. The van der Waals surface area contributed by atoms with Crippen LogP contribution in [0.15, 0.2) is 30.3 Å². The summed E-state index contributed by atoms with van der Waals surface area (Å²) < 4.78 is 0. The number of hydrogen-bond donors (Lipinski definition) is 1. The Morgan fingerprint density at radius 3 is 2.67 bits per heavy atom. The zero-order chi connectivity index (χ0) is 20.9. The van der Waals surface area contributed by atoms with Crippen molar-refractivity contribution in [2.24, 2.45) is 11.8 Å². The van der Waals surface area contributed by atoms with Crippen molar-refractivity contribution in [3.63, 3.8) is 0 Å². The number of carbonyl (C=O) groups excluding carboxylic acids is 2. The van der Waals surface area contributed by atoms with E-state index in [1.54, 1.807) is 0 Å². The molecule has 0 bridgehead atoms. The molecule has 1 aromatic carbocycles. The highest BCUT2D eigenvalue weighted by Crippen LogP contribution is 2.40. The number of amides is 2. The first kappa shape index (κ1) is 21.4. The van der Waals surface area contributed by atoms with Gasteiger partial charge in [0.2, 0.25) is 5.91 Å². The second kappa shape index (κ2) is 9.95. The number of carbonyl (C=O) groups is 2. The molecule has 4 unspecified atom stereocenters. The van der Waals surface area contributed by atoms with Gasteiger partial charge in [-0.25, -0.2) is 0 Å². The minimum atomic E-state index is -0.319. The molecule has 30 heavy (non-hydrogen) atoms. The molecule has 1 aromatic rings. The molecule has 2 amide bonds. The van der Waals surface area contributed by atoms with Crippen LogP contribution in [0.1, 0.15) is 68.6 Å². The minimum Gasteiger partial charge on any atom is -0.354 e. The Bertz CT molecular complexity index is 722.